The SMILES string of the molecule is CCC(C)c1nnc(CO)s1. The molecule has 0 aliphatic carbocycles. The molecule has 1 heterocycles. The highest BCUT2D eigenvalue weighted by Gasteiger charge is 2.08. The van der Waals surface area contributed by atoms with Crippen LogP contribution in [0.1, 0.15) is 36.2 Å². The number of hydrogen-bond donors (Lipinski definition) is 1. The van der Waals surface area contributed by atoms with E-state index in [4.69, 9.17) is 5.11 Å². The molecule has 0 saturated heterocycles. The van der Waals surface area contributed by atoms with E-state index in [0.717, 1.165) is 11.4 Å². The van der Waals surface area contributed by atoms with Gasteiger partial charge in [0.25, 0.3) is 0 Å². The Morgan fingerprint density at radius 2 is 2.27 bits per heavy atom. The van der Waals surface area contributed by atoms with E-state index in [2.05, 4.69) is 24.0 Å². The van der Waals surface area contributed by atoms with Crippen molar-refractivity contribution in [1.82, 2.24) is 10.2 Å². The van der Waals surface area contributed by atoms with Crippen LogP contribution < -0.4 is 0 Å². The van der Waals surface area contributed by atoms with E-state index < -0.39 is 0 Å². The fourth-order valence-corrected chi connectivity index (χ4v) is 1.54. The van der Waals surface area contributed by atoms with Gasteiger partial charge in [0.15, 0.2) is 0 Å². The summed E-state index contributed by atoms with van der Waals surface area (Å²) in [5.41, 5.74) is 0. The predicted octanol–water partition coefficient (Wildman–Crippen LogP) is 1.54. The Morgan fingerprint density at radius 1 is 1.55 bits per heavy atom. The zero-order valence-electron chi connectivity index (χ0n) is 6.74. The summed E-state index contributed by atoms with van der Waals surface area (Å²) in [6.07, 6.45) is 1.07. The van der Waals surface area contributed by atoms with Crippen molar-refractivity contribution in [1.29, 1.82) is 0 Å². The molecule has 1 N–H and O–H groups in total. The molecule has 0 bridgehead atoms. The van der Waals surface area contributed by atoms with Gasteiger partial charge < -0.3 is 5.11 Å². The van der Waals surface area contributed by atoms with E-state index in [1.807, 2.05) is 0 Å². The number of aliphatic hydroxyl groups excluding tert-OH is 1. The molecular formula is C7H12N2OS. The van der Waals surface area contributed by atoms with Crippen LogP contribution in [0, 0.1) is 0 Å². The molecule has 1 rings (SSSR count). The van der Waals surface area contributed by atoms with Gasteiger partial charge in [-0.2, -0.15) is 0 Å². The Hall–Kier alpha value is -0.480. The van der Waals surface area contributed by atoms with E-state index in [-0.39, 0.29) is 6.61 Å². The first kappa shape index (κ1) is 8.62. The lowest BCUT2D eigenvalue weighted by atomic mass is 10.1. The Kier molecular flexibility index (Phi) is 2.96. The smallest absolute Gasteiger partial charge is 0.143 e. The largest absolute Gasteiger partial charge is 0.389 e. The Balaban J connectivity index is 2.71. The van der Waals surface area contributed by atoms with Gasteiger partial charge in [0.2, 0.25) is 0 Å². The monoisotopic (exact) mass is 172 g/mol. The molecule has 0 fully saturated rings. The van der Waals surface area contributed by atoms with Gasteiger partial charge >= 0.3 is 0 Å². The van der Waals surface area contributed by atoms with Crippen LogP contribution in [0.5, 0.6) is 0 Å². The lowest BCUT2D eigenvalue weighted by Crippen LogP contribution is -1.88. The molecule has 0 radical (unpaired) electrons. The van der Waals surface area contributed by atoms with Crippen LogP contribution in [-0.2, 0) is 6.61 Å². The Labute approximate surface area is 70.1 Å². The third-order valence-electron chi connectivity index (χ3n) is 1.65. The van der Waals surface area contributed by atoms with Gasteiger partial charge in [0.1, 0.15) is 10.0 Å². The Bertz CT molecular complexity index is 224. The van der Waals surface area contributed by atoms with Crippen molar-refractivity contribution < 1.29 is 5.11 Å². The van der Waals surface area contributed by atoms with Crippen LogP contribution >= 0.6 is 11.3 Å². The standard InChI is InChI=1S/C7H12N2OS/c1-3-5(2)7-9-8-6(4-10)11-7/h5,10H,3-4H2,1-2H3. The zero-order valence-corrected chi connectivity index (χ0v) is 7.56. The van der Waals surface area contributed by atoms with E-state index in [1.54, 1.807) is 0 Å². The van der Waals surface area contributed by atoms with Crippen LogP contribution in [0.2, 0.25) is 0 Å². The molecule has 11 heavy (non-hydrogen) atoms. The van der Waals surface area contributed by atoms with E-state index in [1.165, 1.54) is 11.3 Å². The van der Waals surface area contributed by atoms with Gasteiger partial charge in [-0.1, -0.05) is 25.2 Å². The van der Waals surface area contributed by atoms with E-state index in [0.29, 0.717) is 10.9 Å². The van der Waals surface area contributed by atoms with Gasteiger partial charge in [-0.05, 0) is 6.42 Å². The molecule has 0 amide bonds. The molecule has 0 aliphatic rings. The molecule has 1 unspecified atom stereocenters. The quantitative estimate of drug-likeness (QED) is 0.752. The van der Waals surface area contributed by atoms with Gasteiger partial charge in [0.05, 0.1) is 6.61 Å². The van der Waals surface area contributed by atoms with Gasteiger partial charge in [-0.3, -0.25) is 0 Å². The predicted molar refractivity (Wildman–Crippen MR) is 44.5 cm³/mol. The minimum Gasteiger partial charge on any atom is -0.389 e. The average Bonchev–Trinajstić information content (AvgIpc) is 2.50. The summed E-state index contributed by atoms with van der Waals surface area (Å²) in [4.78, 5) is 0. The molecule has 0 aliphatic heterocycles. The second-order valence-electron chi connectivity index (χ2n) is 2.50. The lowest BCUT2D eigenvalue weighted by Gasteiger charge is -1.99. The number of aliphatic hydroxyl groups is 1. The first-order chi connectivity index (χ1) is 5.27. The first-order valence-corrected chi connectivity index (χ1v) is 4.52. The second-order valence-corrected chi connectivity index (χ2v) is 3.60. The fraction of sp³-hybridized carbons (Fsp3) is 0.714. The molecule has 1 atom stereocenters. The summed E-state index contributed by atoms with van der Waals surface area (Å²) in [6.45, 7) is 4.24. The first-order valence-electron chi connectivity index (χ1n) is 3.71. The van der Waals surface area contributed by atoms with Crippen molar-refractivity contribution in [3.8, 4) is 0 Å². The molecule has 1 aromatic heterocycles. The molecule has 4 heteroatoms. The topological polar surface area (TPSA) is 46.0 Å². The van der Waals surface area contributed by atoms with Crippen molar-refractivity contribution in [3.63, 3.8) is 0 Å². The molecule has 0 saturated carbocycles. The van der Waals surface area contributed by atoms with Crippen molar-refractivity contribution in [2.75, 3.05) is 0 Å². The highest BCUT2D eigenvalue weighted by molar-refractivity contribution is 7.11. The maximum Gasteiger partial charge on any atom is 0.143 e. The second kappa shape index (κ2) is 3.78. The van der Waals surface area contributed by atoms with Crippen molar-refractivity contribution >= 4 is 11.3 Å². The Morgan fingerprint density at radius 3 is 2.73 bits per heavy atom. The number of hydrogen-bond acceptors (Lipinski definition) is 4. The molecular weight excluding hydrogens is 160 g/mol. The van der Waals surface area contributed by atoms with Gasteiger partial charge in [-0.15, -0.1) is 10.2 Å². The van der Waals surface area contributed by atoms with Crippen molar-refractivity contribution in [3.05, 3.63) is 10.0 Å². The number of rotatable bonds is 3. The van der Waals surface area contributed by atoms with Crippen molar-refractivity contribution in [2.24, 2.45) is 0 Å². The summed E-state index contributed by atoms with van der Waals surface area (Å²) in [5.74, 6) is 0.466. The van der Waals surface area contributed by atoms with Gasteiger partial charge in [-0.25, -0.2) is 0 Å². The van der Waals surface area contributed by atoms with Crippen LogP contribution in [0.3, 0.4) is 0 Å². The third-order valence-corrected chi connectivity index (χ3v) is 2.79. The number of nitrogens with zero attached hydrogens (tertiary/aromatic N) is 2. The lowest BCUT2D eigenvalue weighted by molar-refractivity contribution is 0.280. The summed E-state index contributed by atoms with van der Waals surface area (Å²) >= 11 is 1.49. The van der Waals surface area contributed by atoms with Crippen LogP contribution in [0.15, 0.2) is 0 Å². The molecule has 62 valence electrons. The summed E-state index contributed by atoms with van der Waals surface area (Å²) in [7, 11) is 0. The molecule has 0 aromatic carbocycles. The maximum atomic E-state index is 8.71. The molecule has 0 spiro atoms. The van der Waals surface area contributed by atoms with Crippen molar-refractivity contribution in [2.45, 2.75) is 32.8 Å². The minimum atomic E-state index is 0.00804. The zero-order chi connectivity index (χ0) is 8.27. The average molecular weight is 172 g/mol. The fourth-order valence-electron chi connectivity index (χ4n) is 0.704. The third kappa shape index (κ3) is 1.97. The van der Waals surface area contributed by atoms with Crippen LogP contribution in [-0.4, -0.2) is 15.3 Å². The number of aromatic nitrogens is 2. The van der Waals surface area contributed by atoms with E-state index in [9.17, 15) is 0 Å². The van der Waals surface area contributed by atoms with Crippen LogP contribution in [0.4, 0.5) is 0 Å². The van der Waals surface area contributed by atoms with E-state index >= 15 is 0 Å². The molecule has 3 nitrogen and oxygen atoms in total. The minimum absolute atomic E-state index is 0.00804. The van der Waals surface area contributed by atoms with Crippen LogP contribution in [0.25, 0.3) is 0 Å². The highest BCUT2D eigenvalue weighted by Crippen LogP contribution is 2.21. The maximum absolute atomic E-state index is 8.71. The summed E-state index contributed by atoms with van der Waals surface area (Å²) in [6, 6.07) is 0. The van der Waals surface area contributed by atoms with Gasteiger partial charge in [0, 0.05) is 5.92 Å². The summed E-state index contributed by atoms with van der Waals surface area (Å²) < 4.78 is 0. The normalized spacial score (nSPS) is 13.4. The summed E-state index contributed by atoms with van der Waals surface area (Å²) in [5, 5.41) is 18.2. The highest BCUT2D eigenvalue weighted by atomic mass is 32.1. The molecule has 1 aromatic rings.